The number of hydrogen-bond donors (Lipinski definition) is 0. The summed E-state index contributed by atoms with van der Waals surface area (Å²) in [6, 6.07) is 0.426. The Hall–Kier alpha value is -0.720. The van der Waals surface area contributed by atoms with Crippen LogP contribution in [0.15, 0.2) is 0 Å². The Morgan fingerprint density at radius 3 is 2.52 bits per heavy atom. The van der Waals surface area contributed by atoms with Crippen molar-refractivity contribution >= 4 is 29.3 Å². The van der Waals surface area contributed by atoms with E-state index in [4.69, 9.17) is 11.6 Å². The van der Waals surface area contributed by atoms with E-state index in [1.807, 2.05) is 28.3 Å². The van der Waals surface area contributed by atoms with Gasteiger partial charge in [0.2, 0.25) is 0 Å². The van der Waals surface area contributed by atoms with E-state index in [1.54, 1.807) is 0 Å². The van der Waals surface area contributed by atoms with Crippen molar-refractivity contribution in [1.82, 2.24) is 19.6 Å². The van der Waals surface area contributed by atoms with Crippen LogP contribution in [0.2, 0.25) is 5.02 Å². The minimum absolute atomic E-state index is 0.0312. The third-order valence-corrected chi connectivity index (χ3v) is 5.62. The van der Waals surface area contributed by atoms with Crippen molar-refractivity contribution in [1.29, 1.82) is 0 Å². The maximum absolute atomic E-state index is 12.7. The van der Waals surface area contributed by atoms with Gasteiger partial charge in [-0.1, -0.05) is 18.5 Å². The molecule has 130 valence electrons. The average molecular weight is 359 g/mol. The van der Waals surface area contributed by atoms with Crippen LogP contribution < -0.4 is 0 Å². The Kier molecular flexibility index (Phi) is 6.80. The second-order valence-corrected chi connectivity index (χ2v) is 7.59. The van der Waals surface area contributed by atoms with Gasteiger partial charge in [0.25, 0.3) is 5.91 Å². The van der Waals surface area contributed by atoms with Crippen molar-refractivity contribution in [2.45, 2.75) is 46.8 Å². The summed E-state index contributed by atoms with van der Waals surface area (Å²) >= 11 is 8.45. The minimum atomic E-state index is -0.0312. The van der Waals surface area contributed by atoms with Crippen molar-refractivity contribution in [2.24, 2.45) is 0 Å². The van der Waals surface area contributed by atoms with E-state index in [-0.39, 0.29) is 5.91 Å². The van der Waals surface area contributed by atoms with E-state index in [2.05, 4.69) is 30.8 Å². The first-order chi connectivity index (χ1) is 11.0. The van der Waals surface area contributed by atoms with Gasteiger partial charge in [-0.15, -0.1) is 0 Å². The molecule has 1 saturated heterocycles. The second-order valence-electron chi connectivity index (χ2n) is 5.99. The number of aryl methyl sites for hydroxylation is 1. The molecule has 0 N–H and O–H groups in total. The second kappa shape index (κ2) is 8.40. The molecule has 0 saturated carbocycles. The molecule has 23 heavy (non-hydrogen) atoms. The summed E-state index contributed by atoms with van der Waals surface area (Å²) in [6.07, 6.45) is 0. The van der Waals surface area contributed by atoms with Gasteiger partial charge in [0, 0.05) is 43.7 Å². The summed E-state index contributed by atoms with van der Waals surface area (Å²) in [5.74, 6) is 1.94. The molecule has 0 unspecified atom stereocenters. The zero-order valence-corrected chi connectivity index (χ0v) is 16.1. The van der Waals surface area contributed by atoms with Crippen LogP contribution >= 0.6 is 23.4 Å². The van der Waals surface area contributed by atoms with Crippen molar-refractivity contribution in [2.75, 3.05) is 31.1 Å². The third kappa shape index (κ3) is 4.22. The van der Waals surface area contributed by atoms with Crippen molar-refractivity contribution in [3.63, 3.8) is 0 Å². The molecule has 2 heterocycles. The van der Waals surface area contributed by atoms with E-state index in [9.17, 15) is 4.79 Å². The Balaban J connectivity index is 2.26. The fourth-order valence-electron chi connectivity index (χ4n) is 2.79. The lowest BCUT2D eigenvalue weighted by atomic mass is 10.2. The molecule has 0 atom stereocenters. The number of carbonyl (C=O) groups is 1. The molecule has 1 aliphatic heterocycles. The molecule has 0 aromatic carbocycles. The summed E-state index contributed by atoms with van der Waals surface area (Å²) in [4.78, 5) is 16.9. The zero-order chi connectivity index (χ0) is 17.0. The van der Waals surface area contributed by atoms with E-state index < -0.39 is 0 Å². The van der Waals surface area contributed by atoms with Crippen LogP contribution in [0.25, 0.3) is 0 Å². The van der Waals surface area contributed by atoms with Gasteiger partial charge < -0.3 is 4.90 Å². The van der Waals surface area contributed by atoms with Crippen LogP contribution in [0.3, 0.4) is 0 Å². The SMILES string of the molecule is CCN(Cc1c(Cl)c(C(=O)N2CCSCC2)nn1CC)C(C)C. The Labute approximate surface area is 148 Å². The number of rotatable bonds is 6. The number of aromatic nitrogens is 2. The molecule has 1 aromatic rings. The summed E-state index contributed by atoms with van der Waals surface area (Å²) in [7, 11) is 0. The van der Waals surface area contributed by atoms with E-state index >= 15 is 0 Å². The topological polar surface area (TPSA) is 41.4 Å². The molecule has 2 rings (SSSR count). The Morgan fingerprint density at radius 1 is 1.35 bits per heavy atom. The standard InChI is InChI=1S/C16H27ClN4OS/c1-5-19(12(3)4)11-13-14(17)15(18-21(13)6-2)16(22)20-7-9-23-10-8-20/h12H,5-11H2,1-4H3. The highest BCUT2D eigenvalue weighted by atomic mass is 35.5. The number of thioether (sulfide) groups is 1. The molecule has 1 aliphatic rings. The number of halogens is 1. The van der Waals surface area contributed by atoms with Crippen LogP contribution in [0, 0.1) is 0 Å². The highest BCUT2D eigenvalue weighted by Gasteiger charge is 2.27. The van der Waals surface area contributed by atoms with Crippen molar-refractivity contribution < 1.29 is 4.79 Å². The van der Waals surface area contributed by atoms with E-state index in [0.717, 1.165) is 43.4 Å². The lowest BCUT2D eigenvalue weighted by Crippen LogP contribution is -2.38. The normalized spacial score (nSPS) is 15.7. The maximum Gasteiger partial charge on any atom is 0.275 e. The Morgan fingerprint density at radius 2 is 2.00 bits per heavy atom. The highest BCUT2D eigenvalue weighted by Crippen LogP contribution is 2.25. The predicted molar refractivity (Wildman–Crippen MR) is 97.4 cm³/mol. The summed E-state index contributed by atoms with van der Waals surface area (Å²) in [6.45, 7) is 12.4. The van der Waals surface area contributed by atoms with Gasteiger partial charge in [-0.3, -0.25) is 14.4 Å². The maximum atomic E-state index is 12.7. The number of carbonyl (C=O) groups excluding carboxylic acids is 1. The molecule has 5 nitrogen and oxygen atoms in total. The van der Waals surface area contributed by atoms with Crippen LogP contribution in [-0.4, -0.2) is 62.7 Å². The summed E-state index contributed by atoms with van der Waals surface area (Å²) in [5, 5.41) is 5.03. The molecule has 0 radical (unpaired) electrons. The third-order valence-electron chi connectivity index (χ3n) is 4.28. The first kappa shape index (κ1) is 18.6. The zero-order valence-electron chi connectivity index (χ0n) is 14.5. The number of nitrogens with zero attached hydrogens (tertiary/aromatic N) is 4. The van der Waals surface area contributed by atoms with Crippen molar-refractivity contribution in [3.05, 3.63) is 16.4 Å². The molecule has 7 heteroatoms. The lowest BCUT2D eigenvalue weighted by molar-refractivity contribution is 0.0765. The number of amides is 1. The van der Waals surface area contributed by atoms with Crippen LogP contribution in [-0.2, 0) is 13.1 Å². The fraction of sp³-hybridized carbons (Fsp3) is 0.750. The predicted octanol–water partition coefficient (Wildman–Crippen LogP) is 2.98. The average Bonchev–Trinajstić information content (AvgIpc) is 2.88. The van der Waals surface area contributed by atoms with Crippen LogP contribution in [0.4, 0.5) is 0 Å². The molecule has 0 spiro atoms. The molecule has 1 fully saturated rings. The van der Waals surface area contributed by atoms with Gasteiger partial charge in [-0.2, -0.15) is 16.9 Å². The van der Waals surface area contributed by atoms with Gasteiger partial charge >= 0.3 is 0 Å². The summed E-state index contributed by atoms with van der Waals surface area (Å²) in [5.41, 5.74) is 1.36. The molecular weight excluding hydrogens is 332 g/mol. The smallest absolute Gasteiger partial charge is 0.275 e. The quantitative estimate of drug-likeness (QED) is 0.784. The van der Waals surface area contributed by atoms with Crippen molar-refractivity contribution in [3.8, 4) is 0 Å². The highest BCUT2D eigenvalue weighted by molar-refractivity contribution is 7.99. The van der Waals surface area contributed by atoms with Crippen LogP contribution in [0.1, 0.15) is 43.9 Å². The largest absolute Gasteiger partial charge is 0.336 e. The molecular formula is C16H27ClN4OS. The van der Waals surface area contributed by atoms with E-state index in [0.29, 0.717) is 23.3 Å². The first-order valence-electron chi connectivity index (χ1n) is 8.35. The monoisotopic (exact) mass is 358 g/mol. The van der Waals surface area contributed by atoms with Gasteiger partial charge in [0.05, 0.1) is 10.7 Å². The summed E-state index contributed by atoms with van der Waals surface area (Å²) < 4.78 is 1.87. The van der Waals surface area contributed by atoms with E-state index in [1.165, 1.54) is 0 Å². The van der Waals surface area contributed by atoms with Gasteiger partial charge in [0.15, 0.2) is 5.69 Å². The van der Waals surface area contributed by atoms with Gasteiger partial charge in [-0.25, -0.2) is 0 Å². The minimum Gasteiger partial charge on any atom is -0.336 e. The number of hydrogen-bond acceptors (Lipinski definition) is 4. The first-order valence-corrected chi connectivity index (χ1v) is 9.89. The molecule has 0 bridgehead atoms. The lowest BCUT2D eigenvalue weighted by Gasteiger charge is -2.26. The van der Waals surface area contributed by atoms with Gasteiger partial charge in [0.1, 0.15) is 0 Å². The molecule has 1 aromatic heterocycles. The van der Waals surface area contributed by atoms with Crippen LogP contribution in [0.5, 0.6) is 0 Å². The fourth-order valence-corrected chi connectivity index (χ4v) is 3.97. The van der Waals surface area contributed by atoms with Gasteiger partial charge in [-0.05, 0) is 27.3 Å². The molecule has 0 aliphatic carbocycles. The molecule has 1 amide bonds. The Bertz CT molecular complexity index is 540.